The number of benzene rings is 1. The molecular formula is C18H23F5N2O. The summed E-state index contributed by atoms with van der Waals surface area (Å²) in [4.78, 5) is 0. The first-order valence-corrected chi connectivity index (χ1v) is 8.01. The van der Waals surface area contributed by atoms with Crippen LogP contribution in [0, 0.1) is 6.92 Å². The molecule has 0 heterocycles. The molecule has 2 N–H and O–H groups in total. The summed E-state index contributed by atoms with van der Waals surface area (Å²) in [5.41, 5.74) is 1.67. The fourth-order valence-corrected chi connectivity index (χ4v) is 2.40. The third-order valence-corrected chi connectivity index (χ3v) is 3.42. The van der Waals surface area contributed by atoms with Crippen molar-refractivity contribution in [2.45, 2.75) is 46.0 Å². The number of hydrogen-bond donors (Lipinski definition) is 2. The number of rotatable bonds is 9. The van der Waals surface area contributed by atoms with Gasteiger partial charge in [0.25, 0.3) is 0 Å². The van der Waals surface area contributed by atoms with E-state index in [0.29, 0.717) is 11.3 Å². The quantitative estimate of drug-likeness (QED) is 0.579. The van der Waals surface area contributed by atoms with Crippen LogP contribution in [0.5, 0.6) is 5.75 Å². The van der Waals surface area contributed by atoms with Crippen LogP contribution < -0.4 is 15.4 Å². The lowest BCUT2D eigenvalue weighted by Crippen LogP contribution is -2.35. The van der Waals surface area contributed by atoms with Crippen molar-refractivity contribution in [2.75, 3.05) is 6.54 Å². The van der Waals surface area contributed by atoms with Crippen molar-refractivity contribution in [2.24, 2.45) is 0 Å². The standard InChI is InChI=1S/C18H23F5N2O/c1-5-6-12(3)25-13(4)16(24-10-18(21,22)23)14-8-7-11(2)9-15(14)26-17(19)20/h6-9,16-17,24-25H,4-5,10H2,1-3H3/b12-6+/t16-/m0/s1. The summed E-state index contributed by atoms with van der Waals surface area (Å²) in [7, 11) is 0. The normalized spacial score (nSPS) is 13.7. The number of hydrogen-bond acceptors (Lipinski definition) is 3. The average molecular weight is 378 g/mol. The monoisotopic (exact) mass is 378 g/mol. The molecule has 0 amide bonds. The summed E-state index contributed by atoms with van der Waals surface area (Å²) in [6.45, 7) is 4.68. The molecule has 0 bridgehead atoms. The van der Waals surface area contributed by atoms with Crippen LogP contribution in [0.1, 0.15) is 37.4 Å². The van der Waals surface area contributed by atoms with E-state index in [1.54, 1.807) is 19.9 Å². The van der Waals surface area contributed by atoms with Crippen molar-refractivity contribution >= 4 is 0 Å². The Morgan fingerprint density at radius 3 is 2.50 bits per heavy atom. The van der Waals surface area contributed by atoms with Crippen molar-refractivity contribution in [3.8, 4) is 5.75 Å². The van der Waals surface area contributed by atoms with Crippen LogP contribution in [-0.2, 0) is 0 Å². The average Bonchev–Trinajstić information content (AvgIpc) is 2.47. The Kier molecular flexibility index (Phi) is 8.08. The van der Waals surface area contributed by atoms with Crippen molar-refractivity contribution in [3.05, 3.63) is 53.4 Å². The van der Waals surface area contributed by atoms with Gasteiger partial charge in [-0.15, -0.1) is 0 Å². The Morgan fingerprint density at radius 1 is 1.31 bits per heavy atom. The van der Waals surface area contributed by atoms with Crippen LogP contribution in [-0.4, -0.2) is 19.3 Å². The van der Waals surface area contributed by atoms with Crippen LogP contribution in [0.2, 0.25) is 0 Å². The molecule has 0 aromatic heterocycles. The molecular weight excluding hydrogens is 355 g/mol. The summed E-state index contributed by atoms with van der Waals surface area (Å²) in [5, 5.41) is 5.22. The SMILES string of the molecule is C=C(N/C(C)=C/CC)[C@H](NCC(F)(F)F)c1ccc(C)cc1OC(F)F. The smallest absolute Gasteiger partial charge is 0.401 e. The van der Waals surface area contributed by atoms with Gasteiger partial charge in [-0.05, 0) is 31.9 Å². The van der Waals surface area contributed by atoms with Gasteiger partial charge in [0.15, 0.2) is 0 Å². The number of aryl methyl sites for hydroxylation is 1. The molecule has 0 aliphatic carbocycles. The number of allylic oxidation sites excluding steroid dienone is 2. The second kappa shape index (κ2) is 9.56. The van der Waals surface area contributed by atoms with E-state index in [0.717, 1.165) is 6.42 Å². The van der Waals surface area contributed by atoms with Gasteiger partial charge in [-0.2, -0.15) is 22.0 Å². The maximum atomic E-state index is 12.7. The lowest BCUT2D eigenvalue weighted by Gasteiger charge is -2.26. The summed E-state index contributed by atoms with van der Waals surface area (Å²) >= 11 is 0. The third-order valence-electron chi connectivity index (χ3n) is 3.42. The van der Waals surface area contributed by atoms with Crippen molar-refractivity contribution < 1.29 is 26.7 Å². The summed E-state index contributed by atoms with van der Waals surface area (Å²) in [6.07, 6.45) is -1.92. The minimum atomic E-state index is -4.47. The van der Waals surface area contributed by atoms with Crippen LogP contribution in [0.25, 0.3) is 0 Å². The van der Waals surface area contributed by atoms with Gasteiger partial charge in [-0.1, -0.05) is 31.7 Å². The van der Waals surface area contributed by atoms with Crippen LogP contribution in [0.3, 0.4) is 0 Å². The highest BCUT2D eigenvalue weighted by Crippen LogP contribution is 2.32. The Balaban J connectivity index is 3.22. The summed E-state index contributed by atoms with van der Waals surface area (Å²) < 4.78 is 68.0. The molecule has 1 aromatic rings. The van der Waals surface area contributed by atoms with Gasteiger partial charge in [-0.25, -0.2) is 0 Å². The Hall–Kier alpha value is -2.09. The van der Waals surface area contributed by atoms with Crippen molar-refractivity contribution in [1.29, 1.82) is 0 Å². The fourth-order valence-electron chi connectivity index (χ4n) is 2.40. The minimum Gasteiger partial charge on any atom is -0.434 e. The lowest BCUT2D eigenvalue weighted by atomic mass is 10.0. The molecule has 1 rings (SSSR count). The first-order valence-electron chi connectivity index (χ1n) is 8.01. The fraction of sp³-hybridized carbons (Fsp3) is 0.444. The van der Waals surface area contributed by atoms with Gasteiger partial charge >= 0.3 is 12.8 Å². The van der Waals surface area contributed by atoms with Gasteiger partial charge < -0.3 is 10.1 Å². The topological polar surface area (TPSA) is 33.3 Å². The molecule has 26 heavy (non-hydrogen) atoms. The predicted molar refractivity (Wildman–Crippen MR) is 90.9 cm³/mol. The zero-order valence-electron chi connectivity index (χ0n) is 14.9. The molecule has 8 heteroatoms. The van der Waals surface area contributed by atoms with Gasteiger partial charge in [-0.3, -0.25) is 5.32 Å². The van der Waals surface area contributed by atoms with Gasteiger partial charge in [0.1, 0.15) is 5.75 Å². The van der Waals surface area contributed by atoms with E-state index in [2.05, 4.69) is 21.9 Å². The molecule has 1 aromatic carbocycles. The molecule has 0 aliphatic heterocycles. The molecule has 0 fully saturated rings. The van der Waals surface area contributed by atoms with Crippen LogP contribution in [0.4, 0.5) is 22.0 Å². The van der Waals surface area contributed by atoms with Crippen molar-refractivity contribution in [1.82, 2.24) is 10.6 Å². The molecule has 146 valence electrons. The van der Waals surface area contributed by atoms with E-state index in [1.165, 1.54) is 12.1 Å². The van der Waals surface area contributed by atoms with E-state index in [1.807, 2.05) is 13.0 Å². The summed E-state index contributed by atoms with van der Waals surface area (Å²) in [5.74, 6) is -0.195. The largest absolute Gasteiger partial charge is 0.434 e. The van der Waals surface area contributed by atoms with Crippen molar-refractivity contribution in [3.63, 3.8) is 0 Å². The Labute approximate surface area is 149 Å². The second-order valence-corrected chi connectivity index (χ2v) is 5.79. The molecule has 0 saturated heterocycles. The lowest BCUT2D eigenvalue weighted by molar-refractivity contribution is -0.126. The molecule has 0 unspecified atom stereocenters. The zero-order valence-corrected chi connectivity index (χ0v) is 14.9. The Bertz CT molecular complexity index is 641. The maximum Gasteiger partial charge on any atom is 0.401 e. The Morgan fingerprint density at radius 2 is 1.96 bits per heavy atom. The second-order valence-electron chi connectivity index (χ2n) is 5.79. The third kappa shape index (κ3) is 7.43. The van der Waals surface area contributed by atoms with E-state index < -0.39 is 25.4 Å². The van der Waals surface area contributed by atoms with Crippen LogP contribution in [0.15, 0.2) is 42.2 Å². The van der Waals surface area contributed by atoms with E-state index in [9.17, 15) is 22.0 Å². The molecule has 0 radical (unpaired) electrons. The highest BCUT2D eigenvalue weighted by atomic mass is 19.4. The highest BCUT2D eigenvalue weighted by Gasteiger charge is 2.30. The molecule has 0 aliphatic rings. The zero-order chi connectivity index (χ0) is 19.9. The van der Waals surface area contributed by atoms with Gasteiger partial charge in [0.05, 0.1) is 12.6 Å². The molecule has 1 atom stereocenters. The minimum absolute atomic E-state index is 0.141. The van der Waals surface area contributed by atoms with E-state index in [4.69, 9.17) is 0 Å². The number of ether oxygens (including phenoxy) is 1. The van der Waals surface area contributed by atoms with E-state index >= 15 is 0 Å². The van der Waals surface area contributed by atoms with Gasteiger partial charge in [0, 0.05) is 17.0 Å². The van der Waals surface area contributed by atoms with Gasteiger partial charge in [0.2, 0.25) is 0 Å². The molecule has 0 saturated carbocycles. The summed E-state index contributed by atoms with van der Waals surface area (Å²) in [6, 6.07) is 3.34. The number of halogens is 5. The van der Waals surface area contributed by atoms with E-state index in [-0.39, 0.29) is 17.0 Å². The predicted octanol–water partition coefficient (Wildman–Crippen LogP) is 5.21. The number of nitrogens with one attached hydrogen (secondary N) is 2. The highest BCUT2D eigenvalue weighted by molar-refractivity contribution is 5.42. The molecule has 0 spiro atoms. The first-order chi connectivity index (χ1) is 12.0. The molecule has 3 nitrogen and oxygen atoms in total. The maximum absolute atomic E-state index is 12.7. The number of alkyl halides is 5. The van der Waals surface area contributed by atoms with Crippen LogP contribution >= 0.6 is 0 Å². The first kappa shape index (κ1) is 22.0.